The molecule has 1 amide bonds. The van der Waals surface area contributed by atoms with Crippen LogP contribution in [0.25, 0.3) is 27.7 Å². The molecule has 0 saturated carbocycles. The van der Waals surface area contributed by atoms with Gasteiger partial charge in [0.2, 0.25) is 5.91 Å². The van der Waals surface area contributed by atoms with E-state index in [0.717, 1.165) is 5.56 Å². The van der Waals surface area contributed by atoms with Gasteiger partial charge in [-0.05, 0) is 53.0 Å². The van der Waals surface area contributed by atoms with Crippen molar-refractivity contribution >= 4 is 44.2 Å². The number of fused-ring (bicyclic) bond motifs is 2. The number of nitrogens with zero attached hydrogens (tertiary/aromatic N) is 4. The lowest BCUT2D eigenvalue weighted by Gasteiger charge is -2.21. The second-order valence-electron chi connectivity index (χ2n) is 8.37. The van der Waals surface area contributed by atoms with Crippen LogP contribution in [0.5, 0.6) is 0 Å². The Balaban J connectivity index is 1.55. The quantitative estimate of drug-likeness (QED) is 0.313. The van der Waals surface area contributed by atoms with Gasteiger partial charge < -0.3 is 21.5 Å². The molecule has 3 aromatic heterocycles. The molecule has 0 spiro atoms. The maximum atomic E-state index is 13.7. The summed E-state index contributed by atoms with van der Waals surface area (Å²) < 4.78 is 15.8. The molecular weight excluding hydrogens is 505 g/mol. The normalized spacial score (nSPS) is 19.1. The number of amides is 1. The SMILES string of the molecule is CCC(NC(=O)[C@@H]1C[C@H](O)CN1)c1nc2c(-c3cnc4ccc(F)cc4c3)cnn2c(N)c1Br. The van der Waals surface area contributed by atoms with E-state index in [2.05, 4.69) is 36.6 Å². The Bertz CT molecular complexity index is 1410. The molecule has 0 bridgehead atoms. The second kappa shape index (κ2) is 8.90. The highest BCUT2D eigenvalue weighted by Gasteiger charge is 2.30. The van der Waals surface area contributed by atoms with E-state index in [1.807, 2.05) is 13.0 Å². The first kappa shape index (κ1) is 22.6. The zero-order chi connectivity index (χ0) is 24.0. The molecule has 1 unspecified atom stereocenters. The van der Waals surface area contributed by atoms with Crippen LogP contribution in [0.2, 0.25) is 0 Å². The lowest BCUT2D eigenvalue weighted by molar-refractivity contribution is -0.123. The average molecular weight is 528 g/mol. The number of rotatable bonds is 5. The standard InChI is InChI=1S/C23H23BrFN7O2/c1-2-16(30-23(34)18-7-14(33)9-28-18)20-19(24)21(26)32-22(31-20)15(10-29-32)12-5-11-6-13(25)3-4-17(11)27-8-12/h3-6,8,10,14,16,18,28,33H,2,7,9,26H2,1H3,(H,30,34)/t14-,16?,18-/m0/s1. The number of nitrogens with two attached hydrogens (primary N) is 1. The van der Waals surface area contributed by atoms with Gasteiger partial charge in [0.15, 0.2) is 5.65 Å². The number of aliphatic hydroxyl groups excluding tert-OH is 1. The number of carbonyl (C=O) groups is 1. The Morgan fingerprint density at radius 1 is 1.41 bits per heavy atom. The van der Waals surface area contributed by atoms with E-state index < -0.39 is 18.2 Å². The predicted molar refractivity (Wildman–Crippen MR) is 129 cm³/mol. The number of carbonyl (C=O) groups excluding carboxylic acids is 1. The first-order valence-electron chi connectivity index (χ1n) is 11.0. The lowest BCUT2D eigenvalue weighted by atomic mass is 10.1. The largest absolute Gasteiger partial charge is 0.392 e. The highest BCUT2D eigenvalue weighted by atomic mass is 79.9. The van der Waals surface area contributed by atoms with Crippen molar-refractivity contribution in [3.05, 3.63) is 52.6 Å². The lowest BCUT2D eigenvalue weighted by Crippen LogP contribution is -2.42. The van der Waals surface area contributed by atoms with Crippen molar-refractivity contribution in [2.24, 2.45) is 0 Å². The highest BCUT2D eigenvalue weighted by molar-refractivity contribution is 9.10. The molecule has 1 aromatic carbocycles. The Kier molecular flexibility index (Phi) is 5.92. The van der Waals surface area contributed by atoms with Crippen LogP contribution in [-0.2, 0) is 4.79 Å². The Labute approximate surface area is 202 Å². The molecule has 11 heteroatoms. The van der Waals surface area contributed by atoms with Crippen LogP contribution in [0.15, 0.2) is 41.1 Å². The second-order valence-corrected chi connectivity index (χ2v) is 9.16. The number of anilines is 1. The summed E-state index contributed by atoms with van der Waals surface area (Å²) in [6.07, 6.45) is 3.72. The van der Waals surface area contributed by atoms with E-state index in [1.165, 1.54) is 16.6 Å². The van der Waals surface area contributed by atoms with Gasteiger partial charge in [0.25, 0.3) is 0 Å². The molecule has 1 aliphatic heterocycles. The van der Waals surface area contributed by atoms with Gasteiger partial charge in [0.1, 0.15) is 11.6 Å². The van der Waals surface area contributed by atoms with Gasteiger partial charge in [-0.25, -0.2) is 9.37 Å². The number of halogens is 2. The highest BCUT2D eigenvalue weighted by Crippen LogP contribution is 2.34. The minimum absolute atomic E-state index is 0.204. The summed E-state index contributed by atoms with van der Waals surface area (Å²) in [4.78, 5) is 22.0. The molecule has 176 valence electrons. The molecule has 5 rings (SSSR count). The number of hydrogen-bond acceptors (Lipinski definition) is 7. The summed E-state index contributed by atoms with van der Waals surface area (Å²) in [6.45, 7) is 2.33. The third-order valence-corrected chi connectivity index (χ3v) is 6.89. The van der Waals surface area contributed by atoms with Crippen LogP contribution in [0.3, 0.4) is 0 Å². The molecule has 3 atom stereocenters. The number of benzene rings is 1. The molecule has 4 aromatic rings. The van der Waals surface area contributed by atoms with Crippen LogP contribution >= 0.6 is 15.9 Å². The van der Waals surface area contributed by atoms with Crippen LogP contribution in [0.4, 0.5) is 10.2 Å². The van der Waals surface area contributed by atoms with Crippen molar-refractivity contribution in [2.45, 2.75) is 38.0 Å². The Morgan fingerprint density at radius 3 is 2.97 bits per heavy atom. The van der Waals surface area contributed by atoms with E-state index in [4.69, 9.17) is 10.7 Å². The summed E-state index contributed by atoms with van der Waals surface area (Å²) in [5.74, 6) is -0.205. The molecule has 5 N–H and O–H groups in total. The van der Waals surface area contributed by atoms with Crippen molar-refractivity contribution < 1.29 is 14.3 Å². The van der Waals surface area contributed by atoms with E-state index in [0.29, 0.717) is 57.5 Å². The third-order valence-electron chi connectivity index (χ3n) is 6.08. The van der Waals surface area contributed by atoms with Gasteiger partial charge in [-0.2, -0.15) is 9.61 Å². The molecule has 9 nitrogen and oxygen atoms in total. The van der Waals surface area contributed by atoms with Crippen molar-refractivity contribution in [3.63, 3.8) is 0 Å². The minimum atomic E-state index is -0.536. The summed E-state index contributed by atoms with van der Waals surface area (Å²) in [7, 11) is 0. The molecule has 1 saturated heterocycles. The minimum Gasteiger partial charge on any atom is -0.392 e. The molecule has 0 aliphatic carbocycles. The molecule has 1 aliphatic rings. The van der Waals surface area contributed by atoms with Crippen LogP contribution in [-0.4, -0.2) is 49.3 Å². The first-order valence-corrected chi connectivity index (χ1v) is 11.7. The molecule has 1 fully saturated rings. The van der Waals surface area contributed by atoms with Crippen molar-refractivity contribution in [3.8, 4) is 11.1 Å². The van der Waals surface area contributed by atoms with Gasteiger partial charge >= 0.3 is 0 Å². The fourth-order valence-corrected chi connectivity index (χ4v) is 4.78. The smallest absolute Gasteiger partial charge is 0.237 e. The number of pyridine rings is 1. The van der Waals surface area contributed by atoms with Gasteiger partial charge in [-0.3, -0.25) is 9.78 Å². The van der Waals surface area contributed by atoms with Crippen molar-refractivity contribution in [1.29, 1.82) is 0 Å². The molecule has 4 heterocycles. The van der Waals surface area contributed by atoms with E-state index in [-0.39, 0.29) is 11.7 Å². The first-order chi connectivity index (χ1) is 16.4. The van der Waals surface area contributed by atoms with Gasteiger partial charge in [0.05, 0.1) is 40.1 Å². The maximum Gasteiger partial charge on any atom is 0.237 e. The van der Waals surface area contributed by atoms with Gasteiger partial charge in [-0.1, -0.05) is 6.92 Å². The van der Waals surface area contributed by atoms with Crippen LogP contribution in [0.1, 0.15) is 31.5 Å². The van der Waals surface area contributed by atoms with Gasteiger partial charge in [-0.15, -0.1) is 0 Å². The summed E-state index contributed by atoms with van der Waals surface area (Å²) >= 11 is 3.52. The number of aliphatic hydroxyl groups is 1. The molecule has 0 radical (unpaired) electrons. The van der Waals surface area contributed by atoms with Gasteiger partial charge in [0, 0.05) is 29.3 Å². The summed E-state index contributed by atoms with van der Waals surface area (Å²) in [6, 6.07) is 5.38. The van der Waals surface area contributed by atoms with E-state index in [9.17, 15) is 14.3 Å². The Morgan fingerprint density at radius 2 is 2.24 bits per heavy atom. The fraction of sp³-hybridized carbons (Fsp3) is 0.304. The Hall–Kier alpha value is -3.15. The van der Waals surface area contributed by atoms with Crippen LogP contribution < -0.4 is 16.4 Å². The summed E-state index contributed by atoms with van der Waals surface area (Å²) in [5, 5.41) is 20.8. The van der Waals surface area contributed by atoms with E-state index >= 15 is 0 Å². The maximum absolute atomic E-state index is 13.7. The third kappa shape index (κ3) is 3.99. The number of aromatic nitrogens is 4. The summed E-state index contributed by atoms with van der Waals surface area (Å²) in [5.41, 5.74) is 9.52. The molecular formula is C23H23BrFN7O2. The van der Waals surface area contributed by atoms with Crippen molar-refractivity contribution in [1.82, 2.24) is 30.2 Å². The monoisotopic (exact) mass is 527 g/mol. The molecule has 34 heavy (non-hydrogen) atoms. The van der Waals surface area contributed by atoms with Crippen molar-refractivity contribution in [2.75, 3.05) is 12.3 Å². The number of β-amino-alcohol motifs (C(OH)–C–C–N with tert-alkyl or cyclic N) is 1. The number of hydrogen-bond donors (Lipinski definition) is 4. The zero-order valence-corrected chi connectivity index (χ0v) is 19.9. The van der Waals surface area contributed by atoms with Crippen LogP contribution in [0, 0.1) is 5.82 Å². The topological polar surface area (TPSA) is 130 Å². The fourth-order valence-electron chi connectivity index (χ4n) is 4.25. The average Bonchev–Trinajstić information content (AvgIpc) is 3.46. The predicted octanol–water partition coefficient (Wildman–Crippen LogP) is 2.72. The van der Waals surface area contributed by atoms with E-state index in [1.54, 1.807) is 18.5 Å². The number of nitrogens with one attached hydrogen (secondary N) is 2. The number of nitrogen functional groups attached to an aromatic ring is 1. The zero-order valence-electron chi connectivity index (χ0n) is 18.3.